The molecule has 0 aromatic rings. The molecule has 0 fully saturated rings. The van der Waals surface area contributed by atoms with E-state index in [0.29, 0.717) is 12.8 Å². The summed E-state index contributed by atoms with van der Waals surface area (Å²) in [5.41, 5.74) is 0. The van der Waals surface area contributed by atoms with Gasteiger partial charge in [0.1, 0.15) is 0 Å². The molecule has 0 heterocycles. The average molecular weight is 351 g/mol. The first kappa shape index (κ1) is 22.9. The fourth-order valence-electron chi connectivity index (χ4n) is 2.95. The SMILES string of the molecule is CCCCCCCCCCC(CC(O)CCCCC)S(=O)(=O)O. The highest BCUT2D eigenvalue weighted by atomic mass is 32.2. The second kappa shape index (κ2) is 14.2. The molecule has 0 saturated heterocycles. The van der Waals surface area contributed by atoms with Gasteiger partial charge in [0.2, 0.25) is 0 Å². The largest absolute Gasteiger partial charge is 0.393 e. The van der Waals surface area contributed by atoms with E-state index in [1.54, 1.807) is 0 Å². The van der Waals surface area contributed by atoms with Gasteiger partial charge in [-0.2, -0.15) is 8.42 Å². The Morgan fingerprint density at radius 2 is 1.17 bits per heavy atom. The molecule has 0 aromatic carbocycles. The van der Waals surface area contributed by atoms with Crippen molar-refractivity contribution < 1.29 is 18.1 Å². The zero-order chi connectivity index (χ0) is 17.6. The van der Waals surface area contributed by atoms with Crippen molar-refractivity contribution in [3.05, 3.63) is 0 Å². The molecule has 0 saturated carbocycles. The van der Waals surface area contributed by atoms with E-state index in [1.807, 2.05) is 0 Å². The molecule has 2 unspecified atom stereocenters. The number of aliphatic hydroxyl groups excluding tert-OH is 1. The van der Waals surface area contributed by atoms with E-state index >= 15 is 0 Å². The van der Waals surface area contributed by atoms with E-state index in [4.69, 9.17) is 0 Å². The number of aliphatic hydroxyl groups is 1. The molecule has 5 heteroatoms. The predicted octanol–water partition coefficient (Wildman–Crippen LogP) is 5.10. The topological polar surface area (TPSA) is 74.6 Å². The minimum atomic E-state index is -4.06. The molecular weight excluding hydrogens is 312 g/mol. The van der Waals surface area contributed by atoms with Crippen molar-refractivity contribution in [1.82, 2.24) is 0 Å². The number of hydrogen-bond acceptors (Lipinski definition) is 3. The fraction of sp³-hybridized carbons (Fsp3) is 1.00. The maximum absolute atomic E-state index is 11.5. The summed E-state index contributed by atoms with van der Waals surface area (Å²) in [4.78, 5) is 0. The molecule has 0 amide bonds. The van der Waals surface area contributed by atoms with E-state index in [-0.39, 0.29) is 6.42 Å². The third kappa shape index (κ3) is 14.0. The van der Waals surface area contributed by atoms with Gasteiger partial charge in [0.15, 0.2) is 0 Å². The zero-order valence-corrected chi connectivity index (χ0v) is 16.0. The summed E-state index contributed by atoms with van der Waals surface area (Å²) in [5.74, 6) is 0. The van der Waals surface area contributed by atoms with E-state index < -0.39 is 21.5 Å². The Hall–Kier alpha value is -0.130. The molecule has 0 aliphatic heterocycles. The molecule has 0 bridgehead atoms. The van der Waals surface area contributed by atoms with Crippen LogP contribution in [-0.4, -0.2) is 29.4 Å². The molecule has 4 nitrogen and oxygen atoms in total. The van der Waals surface area contributed by atoms with Crippen LogP contribution in [0.5, 0.6) is 0 Å². The van der Waals surface area contributed by atoms with Gasteiger partial charge in [-0.25, -0.2) is 0 Å². The lowest BCUT2D eigenvalue weighted by Gasteiger charge is -2.18. The van der Waals surface area contributed by atoms with Crippen LogP contribution in [0.15, 0.2) is 0 Å². The first-order valence-electron chi connectivity index (χ1n) is 9.56. The molecule has 23 heavy (non-hydrogen) atoms. The van der Waals surface area contributed by atoms with Gasteiger partial charge in [-0.1, -0.05) is 84.5 Å². The van der Waals surface area contributed by atoms with Crippen LogP contribution >= 0.6 is 0 Å². The standard InChI is InChI=1S/C18H38O4S/c1-3-5-7-8-9-10-11-13-15-18(23(20,21)22)16-17(19)14-12-6-4-2/h17-19H,3-16H2,1-2H3,(H,20,21,22). The highest BCUT2D eigenvalue weighted by Gasteiger charge is 2.25. The van der Waals surface area contributed by atoms with E-state index in [9.17, 15) is 18.1 Å². The van der Waals surface area contributed by atoms with Crippen molar-refractivity contribution >= 4 is 10.1 Å². The molecule has 0 radical (unpaired) electrons. The quantitative estimate of drug-likeness (QED) is 0.300. The average Bonchev–Trinajstić information content (AvgIpc) is 2.48. The Labute approximate surface area is 143 Å². The first-order chi connectivity index (χ1) is 10.9. The van der Waals surface area contributed by atoms with Gasteiger partial charge in [-0.3, -0.25) is 4.55 Å². The molecular formula is C18H38O4S. The Morgan fingerprint density at radius 1 is 0.739 bits per heavy atom. The lowest BCUT2D eigenvalue weighted by molar-refractivity contribution is 0.147. The smallest absolute Gasteiger partial charge is 0.267 e. The van der Waals surface area contributed by atoms with Crippen LogP contribution in [0, 0.1) is 0 Å². The third-order valence-corrected chi connectivity index (χ3v) is 5.75. The van der Waals surface area contributed by atoms with Gasteiger partial charge in [0, 0.05) is 0 Å². The lowest BCUT2D eigenvalue weighted by atomic mass is 10.0. The lowest BCUT2D eigenvalue weighted by Crippen LogP contribution is -2.26. The van der Waals surface area contributed by atoms with Crippen LogP contribution in [-0.2, 0) is 10.1 Å². The van der Waals surface area contributed by atoms with Crippen LogP contribution in [0.3, 0.4) is 0 Å². The monoisotopic (exact) mass is 350 g/mol. The molecule has 0 aliphatic rings. The minimum absolute atomic E-state index is 0.166. The number of rotatable bonds is 16. The predicted molar refractivity (Wildman–Crippen MR) is 97.3 cm³/mol. The zero-order valence-electron chi connectivity index (χ0n) is 15.2. The fourth-order valence-corrected chi connectivity index (χ4v) is 3.88. The summed E-state index contributed by atoms with van der Waals surface area (Å²) in [7, 11) is -4.06. The van der Waals surface area contributed by atoms with Gasteiger partial charge in [-0.15, -0.1) is 0 Å². The molecule has 2 atom stereocenters. The van der Waals surface area contributed by atoms with Crippen molar-refractivity contribution in [2.45, 2.75) is 115 Å². The highest BCUT2D eigenvalue weighted by Crippen LogP contribution is 2.19. The van der Waals surface area contributed by atoms with Crippen LogP contribution in [0.2, 0.25) is 0 Å². The van der Waals surface area contributed by atoms with E-state index in [1.165, 1.54) is 32.1 Å². The van der Waals surface area contributed by atoms with Gasteiger partial charge >= 0.3 is 0 Å². The van der Waals surface area contributed by atoms with Crippen LogP contribution in [0.4, 0.5) is 0 Å². The van der Waals surface area contributed by atoms with Crippen molar-refractivity contribution in [2.24, 2.45) is 0 Å². The Balaban J connectivity index is 3.94. The van der Waals surface area contributed by atoms with Gasteiger partial charge in [0.05, 0.1) is 11.4 Å². The van der Waals surface area contributed by atoms with Crippen molar-refractivity contribution in [3.63, 3.8) is 0 Å². The van der Waals surface area contributed by atoms with Crippen LogP contribution in [0.25, 0.3) is 0 Å². The highest BCUT2D eigenvalue weighted by molar-refractivity contribution is 7.86. The summed E-state index contributed by atoms with van der Waals surface area (Å²) >= 11 is 0. The number of unbranched alkanes of at least 4 members (excludes halogenated alkanes) is 9. The van der Waals surface area contributed by atoms with Crippen molar-refractivity contribution in [2.75, 3.05) is 0 Å². The summed E-state index contributed by atoms with van der Waals surface area (Å²) in [6.45, 7) is 4.29. The maximum Gasteiger partial charge on any atom is 0.267 e. The minimum Gasteiger partial charge on any atom is -0.393 e. The van der Waals surface area contributed by atoms with E-state index in [0.717, 1.165) is 38.5 Å². The Morgan fingerprint density at radius 3 is 1.70 bits per heavy atom. The second-order valence-corrected chi connectivity index (χ2v) is 8.48. The van der Waals surface area contributed by atoms with Gasteiger partial charge in [-0.05, 0) is 19.3 Å². The molecule has 2 N–H and O–H groups in total. The third-order valence-electron chi connectivity index (χ3n) is 4.48. The Kier molecular flexibility index (Phi) is 14.2. The van der Waals surface area contributed by atoms with Crippen molar-refractivity contribution in [1.29, 1.82) is 0 Å². The second-order valence-electron chi connectivity index (χ2n) is 6.79. The summed E-state index contributed by atoms with van der Waals surface area (Å²) in [5, 5.41) is 9.15. The van der Waals surface area contributed by atoms with Crippen LogP contribution in [0.1, 0.15) is 104 Å². The molecule has 140 valence electrons. The normalized spacial score (nSPS) is 14.8. The maximum atomic E-state index is 11.5. The van der Waals surface area contributed by atoms with Crippen molar-refractivity contribution in [3.8, 4) is 0 Å². The number of hydrogen-bond donors (Lipinski definition) is 2. The summed E-state index contributed by atoms with van der Waals surface area (Å²) in [6.07, 6.45) is 12.9. The summed E-state index contributed by atoms with van der Waals surface area (Å²) in [6, 6.07) is 0. The molecule has 0 aromatic heterocycles. The molecule has 0 spiro atoms. The van der Waals surface area contributed by atoms with Crippen LogP contribution < -0.4 is 0 Å². The van der Waals surface area contributed by atoms with Gasteiger partial charge < -0.3 is 5.11 Å². The molecule has 0 aliphatic carbocycles. The van der Waals surface area contributed by atoms with E-state index in [2.05, 4.69) is 13.8 Å². The molecule has 0 rings (SSSR count). The van der Waals surface area contributed by atoms with Gasteiger partial charge in [0.25, 0.3) is 10.1 Å². The first-order valence-corrected chi connectivity index (χ1v) is 11.1. The summed E-state index contributed by atoms with van der Waals surface area (Å²) < 4.78 is 32.3. The Bertz CT molecular complexity index is 354.